The highest BCUT2D eigenvalue weighted by Gasteiger charge is 2.18. The summed E-state index contributed by atoms with van der Waals surface area (Å²) in [6.45, 7) is 4.28. The van der Waals surface area contributed by atoms with E-state index in [9.17, 15) is 9.59 Å². The molecule has 0 radical (unpaired) electrons. The lowest BCUT2D eigenvalue weighted by Crippen LogP contribution is -2.20. The van der Waals surface area contributed by atoms with E-state index in [1.54, 1.807) is 48.7 Å². The lowest BCUT2D eigenvalue weighted by molar-refractivity contribution is 0.103. The van der Waals surface area contributed by atoms with E-state index in [0.717, 1.165) is 0 Å². The van der Waals surface area contributed by atoms with Crippen molar-refractivity contribution in [3.63, 3.8) is 0 Å². The van der Waals surface area contributed by atoms with Crippen LogP contribution in [0, 0.1) is 0 Å². The van der Waals surface area contributed by atoms with Gasteiger partial charge in [0.05, 0.1) is 5.69 Å². The Morgan fingerprint density at radius 3 is 2.67 bits per heavy atom. The minimum absolute atomic E-state index is 0.145. The lowest BCUT2D eigenvalue weighted by Gasteiger charge is -2.10. The molecule has 2 aromatic carbocycles. The quantitative estimate of drug-likeness (QED) is 0.368. The third-order valence-electron chi connectivity index (χ3n) is 3.97. The Balaban J connectivity index is 1.97. The number of ketones is 1. The predicted molar refractivity (Wildman–Crippen MR) is 105 cm³/mol. The van der Waals surface area contributed by atoms with E-state index in [1.165, 1.54) is 4.57 Å². The highest BCUT2D eigenvalue weighted by Crippen LogP contribution is 2.18. The zero-order valence-corrected chi connectivity index (χ0v) is 14.8. The molecular formula is C21H20N4O2. The zero-order valence-electron chi connectivity index (χ0n) is 14.8. The van der Waals surface area contributed by atoms with Gasteiger partial charge < -0.3 is 5.32 Å². The molecule has 0 unspecified atom stereocenters. The van der Waals surface area contributed by atoms with Crippen LogP contribution < -0.4 is 11.0 Å². The van der Waals surface area contributed by atoms with E-state index < -0.39 is 0 Å². The largest absolute Gasteiger partial charge is 0.388 e. The van der Waals surface area contributed by atoms with Crippen LogP contribution in [-0.2, 0) is 6.42 Å². The van der Waals surface area contributed by atoms with E-state index >= 15 is 0 Å². The fraction of sp³-hybridized carbons (Fsp3) is 0.0952. The Labute approximate surface area is 156 Å². The van der Waals surface area contributed by atoms with Crippen LogP contribution in [-0.4, -0.2) is 27.1 Å². The second kappa shape index (κ2) is 8.62. The number of H-pyrrole nitrogens is 1. The molecule has 27 heavy (non-hydrogen) atoms. The average Bonchev–Trinajstić information content (AvgIpc) is 3.08. The fourth-order valence-corrected chi connectivity index (χ4v) is 2.72. The van der Waals surface area contributed by atoms with Gasteiger partial charge in [0.25, 0.3) is 0 Å². The van der Waals surface area contributed by atoms with E-state index in [4.69, 9.17) is 0 Å². The Hall–Kier alpha value is -3.67. The molecule has 1 heterocycles. The number of hydrogen-bond donors (Lipinski definition) is 2. The number of aromatic amines is 1. The number of carbonyl (C=O) groups is 1. The summed E-state index contributed by atoms with van der Waals surface area (Å²) in [5.41, 5.74) is 1.14. The summed E-state index contributed by atoms with van der Waals surface area (Å²) in [5.74, 6) is 0.374. The molecular weight excluding hydrogens is 340 g/mol. The molecule has 3 rings (SSSR count). The van der Waals surface area contributed by atoms with Crippen molar-refractivity contribution in [1.82, 2.24) is 20.1 Å². The van der Waals surface area contributed by atoms with E-state index in [0.29, 0.717) is 35.6 Å². The van der Waals surface area contributed by atoms with Gasteiger partial charge in [0.1, 0.15) is 5.82 Å². The van der Waals surface area contributed by atoms with Gasteiger partial charge in [-0.25, -0.2) is 14.5 Å². The van der Waals surface area contributed by atoms with Crippen molar-refractivity contribution in [2.24, 2.45) is 0 Å². The molecule has 0 saturated carbocycles. The number of nitrogens with zero attached hydrogens (tertiary/aromatic N) is 2. The SMILES string of the molecule is C=CCNC=CCc1n[nH]c(=O)n1-c1ccccc1C(=O)c1ccccc1. The molecule has 1 aromatic heterocycles. The summed E-state index contributed by atoms with van der Waals surface area (Å²) >= 11 is 0. The number of rotatable bonds is 8. The molecule has 136 valence electrons. The topological polar surface area (TPSA) is 79.8 Å². The summed E-state index contributed by atoms with van der Waals surface area (Å²) in [5, 5.41) is 9.61. The van der Waals surface area contributed by atoms with Crippen molar-refractivity contribution in [3.05, 3.63) is 107 Å². The summed E-state index contributed by atoms with van der Waals surface area (Å²) in [6, 6.07) is 16.0. The van der Waals surface area contributed by atoms with Gasteiger partial charge in [-0.15, -0.1) is 6.58 Å². The molecule has 0 bridgehead atoms. The number of nitrogens with one attached hydrogen (secondary N) is 2. The van der Waals surface area contributed by atoms with Crippen molar-refractivity contribution in [3.8, 4) is 5.69 Å². The Kier molecular flexibility index (Phi) is 5.79. The lowest BCUT2D eigenvalue weighted by atomic mass is 10.0. The van der Waals surface area contributed by atoms with E-state index in [1.807, 2.05) is 24.3 Å². The van der Waals surface area contributed by atoms with Gasteiger partial charge >= 0.3 is 5.69 Å². The van der Waals surface area contributed by atoms with Crippen LogP contribution in [0.1, 0.15) is 21.7 Å². The molecule has 0 aliphatic heterocycles. The number of allylic oxidation sites excluding steroid dienone is 1. The normalized spacial score (nSPS) is 10.8. The third-order valence-corrected chi connectivity index (χ3v) is 3.97. The molecule has 0 amide bonds. The van der Waals surface area contributed by atoms with Gasteiger partial charge in [0.2, 0.25) is 0 Å². The van der Waals surface area contributed by atoms with Crippen molar-refractivity contribution in [2.45, 2.75) is 6.42 Å². The van der Waals surface area contributed by atoms with Crippen molar-refractivity contribution >= 4 is 5.78 Å². The molecule has 2 N–H and O–H groups in total. The minimum Gasteiger partial charge on any atom is -0.388 e. The van der Waals surface area contributed by atoms with Gasteiger partial charge in [-0.05, 0) is 18.3 Å². The average molecular weight is 360 g/mol. The van der Waals surface area contributed by atoms with E-state index in [2.05, 4.69) is 22.1 Å². The molecule has 0 aliphatic rings. The first kappa shape index (κ1) is 18.1. The van der Waals surface area contributed by atoms with Crippen molar-refractivity contribution < 1.29 is 4.79 Å². The smallest absolute Gasteiger partial charge is 0.347 e. The highest BCUT2D eigenvalue weighted by atomic mass is 16.2. The first-order valence-corrected chi connectivity index (χ1v) is 8.57. The number of hydrogen-bond acceptors (Lipinski definition) is 4. The fourth-order valence-electron chi connectivity index (χ4n) is 2.72. The summed E-state index contributed by atoms with van der Waals surface area (Å²) in [6.07, 6.45) is 5.82. The summed E-state index contributed by atoms with van der Waals surface area (Å²) < 4.78 is 1.44. The molecule has 6 heteroatoms. The summed E-state index contributed by atoms with van der Waals surface area (Å²) in [4.78, 5) is 25.3. The monoisotopic (exact) mass is 360 g/mol. The Bertz CT molecular complexity index is 1020. The Morgan fingerprint density at radius 2 is 1.89 bits per heavy atom. The number of para-hydroxylation sites is 1. The maximum absolute atomic E-state index is 12.9. The number of aromatic nitrogens is 3. The molecule has 0 aliphatic carbocycles. The number of carbonyl (C=O) groups excluding carboxylic acids is 1. The van der Waals surface area contributed by atoms with Crippen LogP contribution in [0.15, 0.2) is 84.3 Å². The van der Waals surface area contributed by atoms with Gasteiger partial charge in [0.15, 0.2) is 5.78 Å². The van der Waals surface area contributed by atoms with Gasteiger partial charge in [-0.3, -0.25) is 4.79 Å². The summed E-state index contributed by atoms with van der Waals surface area (Å²) in [7, 11) is 0. The maximum atomic E-state index is 12.9. The van der Waals surface area contributed by atoms with Crippen LogP contribution >= 0.6 is 0 Å². The second-order valence-corrected chi connectivity index (χ2v) is 5.80. The van der Waals surface area contributed by atoms with Crippen LogP contribution in [0.4, 0.5) is 0 Å². The molecule has 0 saturated heterocycles. The van der Waals surface area contributed by atoms with Crippen molar-refractivity contribution in [1.29, 1.82) is 0 Å². The van der Waals surface area contributed by atoms with Crippen LogP contribution in [0.3, 0.4) is 0 Å². The van der Waals surface area contributed by atoms with E-state index in [-0.39, 0.29) is 11.5 Å². The first-order chi connectivity index (χ1) is 13.2. The molecule has 0 fully saturated rings. The molecule has 0 spiro atoms. The van der Waals surface area contributed by atoms with Gasteiger partial charge in [-0.2, -0.15) is 5.10 Å². The Morgan fingerprint density at radius 1 is 1.15 bits per heavy atom. The van der Waals surface area contributed by atoms with Crippen LogP contribution in [0.5, 0.6) is 0 Å². The predicted octanol–water partition coefficient (Wildman–Crippen LogP) is 2.62. The standard InChI is InChI=1S/C21H20N4O2/c1-2-14-22-15-8-13-19-23-24-21(27)25(19)18-12-7-6-11-17(18)20(26)16-9-4-3-5-10-16/h2-12,15,22H,1,13-14H2,(H,24,27). The maximum Gasteiger partial charge on any atom is 0.347 e. The van der Waals surface area contributed by atoms with Crippen LogP contribution in [0.2, 0.25) is 0 Å². The van der Waals surface area contributed by atoms with Gasteiger partial charge in [0, 0.05) is 24.1 Å². The molecule has 0 atom stereocenters. The molecule has 3 aromatic rings. The zero-order chi connectivity index (χ0) is 19.1. The van der Waals surface area contributed by atoms with Gasteiger partial charge in [-0.1, -0.05) is 54.6 Å². The highest BCUT2D eigenvalue weighted by molar-refractivity contribution is 6.11. The van der Waals surface area contributed by atoms with Crippen LogP contribution in [0.25, 0.3) is 5.69 Å². The number of benzene rings is 2. The molecule has 6 nitrogen and oxygen atoms in total. The third kappa shape index (κ3) is 4.12. The van der Waals surface area contributed by atoms with Crippen molar-refractivity contribution in [2.75, 3.05) is 6.54 Å². The first-order valence-electron chi connectivity index (χ1n) is 8.57. The second-order valence-electron chi connectivity index (χ2n) is 5.80. The minimum atomic E-state index is -0.384.